The highest BCUT2D eigenvalue weighted by molar-refractivity contribution is 6.07. The molecule has 0 amide bonds. The van der Waals surface area contributed by atoms with Crippen molar-refractivity contribution in [3.8, 4) is 0 Å². The molecule has 0 radical (unpaired) electrons. The van der Waals surface area contributed by atoms with Crippen LogP contribution in [0.5, 0.6) is 0 Å². The van der Waals surface area contributed by atoms with Gasteiger partial charge in [0.2, 0.25) is 0 Å². The first-order valence-electron chi connectivity index (χ1n) is 3.58. The normalized spacial score (nSPS) is 22.0. The number of methoxy groups -OCH3 is 1. The first-order valence-corrected chi connectivity index (χ1v) is 3.58. The van der Waals surface area contributed by atoms with Crippen molar-refractivity contribution < 1.29 is 23.9 Å². The molecular weight excluding hydrogens is 176 g/mol. The van der Waals surface area contributed by atoms with E-state index >= 15 is 0 Å². The van der Waals surface area contributed by atoms with Crippen molar-refractivity contribution in [2.24, 2.45) is 5.92 Å². The first kappa shape index (κ1) is 9.44. The minimum Gasteiger partial charge on any atom is -0.468 e. The largest absolute Gasteiger partial charge is 0.468 e. The van der Waals surface area contributed by atoms with Crippen LogP contribution < -0.4 is 0 Å². The van der Waals surface area contributed by atoms with Crippen LogP contribution >= 0.6 is 0 Å². The molecule has 0 N–H and O–H groups in total. The number of cyclic esters (lactones) is 2. The average Bonchev–Trinajstić information content (AvgIpc) is 2.02. The zero-order valence-electron chi connectivity index (χ0n) is 7.20. The highest BCUT2D eigenvalue weighted by Crippen LogP contribution is 2.18. The van der Waals surface area contributed by atoms with Gasteiger partial charge in [0.25, 0.3) is 0 Å². The molecule has 13 heavy (non-hydrogen) atoms. The molecule has 1 heterocycles. The fraction of sp³-hybridized carbons (Fsp3) is 0.375. The Bertz CT molecular complexity index is 302. The van der Waals surface area contributed by atoms with Gasteiger partial charge in [-0.05, 0) is 12.5 Å². The van der Waals surface area contributed by atoms with Crippen molar-refractivity contribution in [1.82, 2.24) is 0 Å². The molecule has 0 aromatic rings. The van der Waals surface area contributed by atoms with Crippen molar-refractivity contribution in [2.75, 3.05) is 7.11 Å². The van der Waals surface area contributed by atoms with Crippen LogP contribution in [-0.2, 0) is 23.9 Å². The molecule has 5 nitrogen and oxygen atoms in total. The second-order valence-corrected chi connectivity index (χ2v) is 2.58. The number of ether oxygens (including phenoxy) is 2. The van der Waals surface area contributed by atoms with E-state index in [0.717, 1.165) is 6.08 Å². The molecule has 1 aliphatic rings. The minimum atomic E-state index is -1.09. The van der Waals surface area contributed by atoms with E-state index in [1.807, 2.05) is 0 Å². The van der Waals surface area contributed by atoms with Gasteiger partial charge in [0.05, 0.1) is 7.11 Å². The van der Waals surface area contributed by atoms with Gasteiger partial charge in [-0.2, -0.15) is 0 Å². The van der Waals surface area contributed by atoms with Crippen LogP contribution in [0.15, 0.2) is 11.6 Å². The molecule has 0 bridgehead atoms. The lowest BCUT2D eigenvalue weighted by molar-refractivity contribution is -0.165. The van der Waals surface area contributed by atoms with E-state index in [1.165, 1.54) is 14.0 Å². The van der Waals surface area contributed by atoms with Crippen LogP contribution in [0.25, 0.3) is 0 Å². The Balaban J connectivity index is 2.96. The Morgan fingerprint density at radius 3 is 2.62 bits per heavy atom. The van der Waals surface area contributed by atoms with Crippen molar-refractivity contribution >= 4 is 17.9 Å². The summed E-state index contributed by atoms with van der Waals surface area (Å²) in [5.41, 5.74) is 0.341. The number of hydrogen-bond donors (Lipinski definition) is 0. The van der Waals surface area contributed by atoms with Crippen LogP contribution in [-0.4, -0.2) is 25.0 Å². The molecule has 1 unspecified atom stereocenters. The molecule has 1 rings (SSSR count). The lowest BCUT2D eigenvalue weighted by Gasteiger charge is -2.16. The van der Waals surface area contributed by atoms with E-state index in [9.17, 15) is 14.4 Å². The summed E-state index contributed by atoms with van der Waals surface area (Å²) in [4.78, 5) is 32.7. The van der Waals surface area contributed by atoms with Crippen LogP contribution in [0.1, 0.15) is 6.92 Å². The molecule has 0 fully saturated rings. The number of carbonyl (C=O) groups is 3. The van der Waals surface area contributed by atoms with Crippen molar-refractivity contribution in [2.45, 2.75) is 6.92 Å². The fourth-order valence-electron chi connectivity index (χ4n) is 1.04. The zero-order chi connectivity index (χ0) is 10.0. The van der Waals surface area contributed by atoms with Crippen LogP contribution in [0, 0.1) is 5.92 Å². The Labute approximate surface area is 74.3 Å². The van der Waals surface area contributed by atoms with Gasteiger partial charge in [0.15, 0.2) is 5.92 Å². The van der Waals surface area contributed by atoms with Gasteiger partial charge in [-0.15, -0.1) is 0 Å². The van der Waals surface area contributed by atoms with Gasteiger partial charge in [0, 0.05) is 6.08 Å². The number of carbonyl (C=O) groups excluding carboxylic acids is 3. The number of hydrogen-bond acceptors (Lipinski definition) is 5. The molecule has 0 aliphatic carbocycles. The van der Waals surface area contributed by atoms with Gasteiger partial charge in [-0.3, -0.25) is 9.59 Å². The standard InChI is InChI=1S/C8H8O5/c1-4-3-5(9)13-8(11)6(4)7(10)12-2/h3,6H,1-2H3. The van der Waals surface area contributed by atoms with E-state index in [1.54, 1.807) is 0 Å². The molecule has 0 saturated heterocycles. The topological polar surface area (TPSA) is 69.7 Å². The van der Waals surface area contributed by atoms with Crippen LogP contribution in [0.2, 0.25) is 0 Å². The molecule has 0 spiro atoms. The Kier molecular flexibility index (Phi) is 2.46. The summed E-state index contributed by atoms with van der Waals surface area (Å²) in [5.74, 6) is -3.44. The maximum absolute atomic E-state index is 11.0. The summed E-state index contributed by atoms with van der Waals surface area (Å²) in [6.45, 7) is 1.50. The third-order valence-corrected chi connectivity index (χ3v) is 1.67. The lowest BCUT2D eigenvalue weighted by atomic mass is 9.99. The highest BCUT2D eigenvalue weighted by atomic mass is 16.6. The third kappa shape index (κ3) is 1.74. The summed E-state index contributed by atoms with van der Waals surface area (Å²) in [6.07, 6.45) is 1.10. The first-order chi connectivity index (χ1) is 6.06. The second kappa shape index (κ2) is 3.38. The molecule has 70 valence electrons. The predicted octanol–water partition coefficient (Wildman–Crippen LogP) is -0.195. The zero-order valence-corrected chi connectivity index (χ0v) is 7.20. The summed E-state index contributed by atoms with van der Waals surface area (Å²) in [6, 6.07) is 0. The van der Waals surface area contributed by atoms with Gasteiger partial charge in [0.1, 0.15) is 0 Å². The van der Waals surface area contributed by atoms with Gasteiger partial charge in [-0.1, -0.05) is 0 Å². The third-order valence-electron chi connectivity index (χ3n) is 1.67. The Morgan fingerprint density at radius 1 is 1.54 bits per heavy atom. The number of esters is 3. The predicted molar refractivity (Wildman–Crippen MR) is 40.4 cm³/mol. The van der Waals surface area contributed by atoms with E-state index in [4.69, 9.17) is 0 Å². The summed E-state index contributed by atoms with van der Waals surface area (Å²) < 4.78 is 8.61. The molecule has 1 atom stereocenters. The smallest absolute Gasteiger partial charge is 0.338 e. The Hall–Kier alpha value is -1.65. The monoisotopic (exact) mass is 184 g/mol. The molecule has 0 aromatic heterocycles. The summed E-state index contributed by atoms with van der Waals surface area (Å²) >= 11 is 0. The Morgan fingerprint density at radius 2 is 2.15 bits per heavy atom. The molecule has 5 heteroatoms. The van der Waals surface area contributed by atoms with Crippen molar-refractivity contribution in [3.63, 3.8) is 0 Å². The van der Waals surface area contributed by atoms with Crippen LogP contribution in [0.4, 0.5) is 0 Å². The van der Waals surface area contributed by atoms with Gasteiger partial charge < -0.3 is 9.47 Å². The quantitative estimate of drug-likeness (QED) is 0.417. The fourth-order valence-corrected chi connectivity index (χ4v) is 1.04. The van der Waals surface area contributed by atoms with Crippen molar-refractivity contribution in [1.29, 1.82) is 0 Å². The van der Waals surface area contributed by atoms with E-state index in [0.29, 0.717) is 5.57 Å². The summed E-state index contributed by atoms with van der Waals surface area (Å²) in [7, 11) is 1.17. The number of rotatable bonds is 1. The molecule has 1 aliphatic heterocycles. The van der Waals surface area contributed by atoms with E-state index in [2.05, 4.69) is 9.47 Å². The van der Waals surface area contributed by atoms with Gasteiger partial charge in [-0.25, -0.2) is 4.79 Å². The van der Waals surface area contributed by atoms with E-state index < -0.39 is 23.8 Å². The minimum absolute atomic E-state index is 0.341. The van der Waals surface area contributed by atoms with Gasteiger partial charge >= 0.3 is 17.9 Å². The van der Waals surface area contributed by atoms with Crippen molar-refractivity contribution in [3.05, 3.63) is 11.6 Å². The molecular formula is C8H8O5. The van der Waals surface area contributed by atoms with E-state index in [-0.39, 0.29) is 0 Å². The lowest BCUT2D eigenvalue weighted by Crippen LogP contribution is -2.33. The average molecular weight is 184 g/mol. The maximum atomic E-state index is 11.0. The van der Waals surface area contributed by atoms with Crippen LogP contribution in [0.3, 0.4) is 0 Å². The molecule has 0 aromatic carbocycles. The summed E-state index contributed by atoms with van der Waals surface area (Å²) in [5, 5.41) is 0. The maximum Gasteiger partial charge on any atom is 0.338 e. The SMILES string of the molecule is COC(=O)C1C(=O)OC(=O)C=C1C. The molecule has 0 saturated carbocycles. The second-order valence-electron chi connectivity index (χ2n) is 2.58. The highest BCUT2D eigenvalue weighted by Gasteiger charge is 2.35.